The van der Waals surface area contributed by atoms with E-state index in [2.05, 4.69) is 0 Å². The van der Waals surface area contributed by atoms with Crippen molar-refractivity contribution in [2.75, 3.05) is 6.61 Å². The number of carbonyl (C=O) groups is 1. The second kappa shape index (κ2) is 4.59. The second-order valence-corrected chi connectivity index (χ2v) is 4.83. The largest absolute Gasteiger partial charge is 0.493 e. The topological polar surface area (TPSA) is 46.5 Å². The van der Waals surface area contributed by atoms with Crippen molar-refractivity contribution in [1.29, 1.82) is 0 Å². The monoisotopic (exact) mass is 274 g/mol. The Labute approximate surface area is 115 Å². The molecule has 1 heterocycles. The molecule has 1 N–H and O–H groups in total. The van der Waals surface area contributed by atoms with Gasteiger partial charge in [0.1, 0.15) is 5.75 Å². The van der Waals surface area contributed by atoms with Gasteiger partial charge in [-0.05, 0) is 41.0 Å². The third-order valence-corrected chi connectivity index (χ3v) is 3.55. The summed E-state index contributed by atoms with van der Waals surface area (Å²) in [7, 11) is 0. The van der Waals surface area contributed by atoms with Crippen molar-refractivity contribution in [2.24, 2.45) is 0 Å². The molecule has 0 spiro atoms. The van der Waals surface area contributed by atoms with E-state index >= 15 is 0 Å². The molecule has 1 aliphatic rings. The van der Waals surface area contributed by atoms with Gasteiger partial charge >= 0.3 is 5.97 Å². The van der Waals surface area contributed by atoms with Crippen LogP contribution in [-0.4, -0.2) is 17.7 Å². The van der Waals surface area contributed by atoms with E-state index in [0.717, 1.165) is 28.9 Å². The van der Waals surface area contributed by atoms with E-state index in [-0.39, 0.29) is 10.6 Å². The number of halogens is 1. The van der Waals surface area contributed by atoms with Crippen molar-refractivity contribution in [3.05, 3.63) is 52.5 Å². The van der Waals surface area contributed by atoms with Crippen LogP contribution < -0.4 is 4.74 Å². The molecule has 19 heavy (non-hydrogen) atoms. The van der Waals surface area contributed by atoms with Gasteiger partial charge in [-0.1, -0.05) is 23.7 Å². The molecule has 1 aliphatic heterocycles. The van der Waals surface area contributed by atoms with Crippen molar-refractivity contribution in [3.8, 4) is 16.9 Å². The molecule has 0 bridgehead atoms. The molecular formula is C15H11ClO3. The first-order chi connectivity index (χ1) is 9.15. The fourth-order valence-electron chi connectivity index (χ4n) is 2.23. The normalized spacial score (nSPS) is 12.9. The van der Waals surface area contributed by atoms with Crippen LogP contribution in [0.1, 0.15) is 15.9 Å². The van der Waals surface area contributed by atoms with E-state index in [4.69, 9.17) is 21.4 Å². The summed E-state index contributed by atoms with van der Waals surface area (Å²) in [5.41, 5.74) is 3.10. The van der Waals surface area contributed by atoms with Crippen molar-refractivity contribution in [2.45, 2.75) is 6.42 Å². The lowest BCUT2D eigenvalue weighted by Gasteiger charge is -2.06. The molecule has 0 radical (unpaired) electrons. The highest BCUT2D eigenvalue weighted by molar-refractivity contribution is 6.33. The summed E-state index contributed by atoms with van der Waals surface area (Å²) in [6.07, 6.45) is 0.891. The predicted octanol–water partition coefficient (Wildman–Crippen LogP) is 3.64. The van der Waals surface area contributed by atoms with Crippen LogP contribution in [0, 0.1) is 0 Å². The molecular weight excluding hydrogens is 264 g/mol. The Morgan fingerprint density at radius 3 is 2.68 bits per heavy atom. The molecule has 2 aromatic carbocycles. The van der Waals surface area contributed by atoms with Crippen LogP contribution >= 0.6 is 11.6 Å². The van der Waals surface area contributed by atoms with Gasteiger partial charge in [-0.25, -0.2) is 4.79 Å². The van der Waals surface area contributed by atoms with Crippen LogP contribution in [0.3, 0.4) is 0 Å². The van der Waals surface area contributed by atoms with Crippen molar-refractivity contribution in [3.63, 3.8) is 0 Å². The number of fused-ring (bicyclic) bond motifs is 1. The minimum Gasteiger partial charge on any atom is -0.493 e. The van der Waals surface area contributed by atoms with Gasteiger partial charge in [0.15, 0.2) is 0 Å². The first-order valence-corrected chi connectivity index (χ1v) is 6.32. The van der Waals surface area contributed by atoms with E-state index in [1.807, 2.05) is 24.3 Å². The van der Waals surface area contributed by atoms with Crippen LogP contribution in [0.5, 0.6) is 5.75 Å². The fourth-order valence-corrected chi connectivity index (χ4v) is 2.43. The Hall–Kier alpha value is -2.00. The van der Waals surface area contributed by atoms with Crippen molar-refractivity contribution < 1.29 is 14.6 Å². The average Bonchev–Trinajstić information content (AvgIpc) is 2.86. The molecule has 0 amide bonds. The lowest BCUT2D eigenvalue weighted by molar-refractivity contribution is 0.0697. The van der Waals surface area contributed by atoms with E-state index in [9.17, 15) is 4.79 Å². The molecule has 4 heteroatoms. The number of benzene rings is 2. The SMILES string of the molecule is O=C(O)c1cc(-c2ccc3c(c2)CCO3)ccc1Cl. The van der Waals surface area contributed by atoms with Gasteiger partial charge in [-0.2, -0.15) is 0 Å². The Morgan fingerprint density at radius 2 is 1.89 bits per heavy atom. The number of carboxylic acid groups (broad SMARTS) is 1. The minimum absolute atomic E-state index is 0.121. The lowest BCUT2D eigenvalue weighted by Crippen LogP contribution is -1.97. The highest BCUT2D eigenvalue weighted by Crippen LogP contribution is 2.31. The molecule has 0 aliphatic carbocycles. The van der Waals surface area contributed by atoms with Gasteiger partial charge in [-0.3, -0.25) is 0 Å². The number of aromatic carboxylic acids is 1. The third-order valence-electron chi connectivity index (χ3n) is 3.22. The summed E-state index contributed by atoms with van der Waals surface area (Å²) in [5.74, 6) is -0.104. The predicted molar refractivity (Wildman–Crippen MR) is 73.0 cm³/mol. The molecule has 3 nitrogen and oxygen atoms in total. The van der Waals surface area contributed by atoms with Crippen LogP contribution in [0.4, 0.5) is 0 Å². The molecule has 0 saturated carbocycles. The maximum absolute atomic E-state index is 11.1. The molecule has 0 saturated heterocycles. The maximum Gasteiger partial charge on any atom is 0.337 e. The Balaban J connectivity index is 2.07. The van der Waals surface area contributed by atoms with E-state index in [0.29, 0.717) is 6.61 Å². The Morgan fingerprint density at radius 1 is 1.16 bits per heavy atom. The highest BCUT2D eigenvalue weighted by Gasteiger charge is 2.14. The Kier molecular flexibility index (Phi) is 2.91. The summed E-state index contributed by atoms with van der Waals surface area (Å²) in [6, 6.07) is 10.9. The summed E-state index contributed by atoms with van der Waals surface area (Å²) in [5, 5.41) is 9.34. The quantitative estimate of drug-likeness (QED) is 0.909. The molecule has 3 rings (SSSR count). The maximum atomic E-state index is 11.1. The number of carboxylic acids is 1. The van der Waals surface area contributed by atoms with Crippen LogP contribution in [0.25, 0.3) is 11.1 Å². The molecule has 0 unspecified atom stereocenters. The average molecular weight is 275 g/mol. The summed E-state index contributed by atoms with van der Waals surface area (Å²) >= 11 is 5.87. The van der Waals surface area contributed by atoms with Gasteiger partial charge in [0.25, 0.3) is 0 Å². The van der Waals surface area contributed by atoms with E-state index < -0.39 is 5.97 Å². The second-order valence-electron chi connectivity index (χ2n) is 4.42. The number of hydrogen-bond acceptors (Lipinski definition) is 2. The fraction of sp³-hybridized carbons (Fsp3) is 0.133. The van der Waals surface area contributed by atoms with Crippen molar-refractivity contribution in [1.82, 2.24) is 0 Å². The number of ether oxygens (including phenoxy) is 1. The zero-order chi connectivity index (χ0) is 13.4. The minimum atomic E-state index is -1.02. The first-order valence-electron chi connectivity index (χ1n) is 5.94. The van der Waals surface area contributed by atoms with Gasteiger partial charge in [0.05, 0.1) is 17.2 Å². The lowest BCUT2D eigenvalue weighted by atomic mass is 10.00. The van der Waals surface area contributed by atoms with Crippen LogP contribution in [-0.2, 0) is 6.42 Å². The molecule has 2 aromatic rings. The summed E-state index contributed by atoms with van der Waals surface area (Å²) in [6.45, 7) is 0.708. The molecule has 0 fully saturated rings. The standard InChI is InChI=1S/C15H11ClO3/c16-13-3-1-10(8-12(13)15(17)18)9-2-4-14-11(7-9)5-6-19-14/h1-4,7-8H,5-6H2,(H,17,18). The van der Waals surface area contributed by atoms with Crippen molar-refractivity contribution >= 4 is 17.6 Å². The van der Waals surface area contributed by atoms with Crippen LogP contribution in [0.15, 0.2) is 36.4 Å². The zero-order valence-electron chi connectivity index (χ0n) is 10.0. The van der Waals surface area contributed by atoms with E-state index in [1.54, 1.807) is 12.1 Å². The summed E-state index contributed by atoms with van der Waals surface area (Å²) in [4.78, 5) is 11.1. The number of hydrogen-bond donors (Lipinski definition) is 1. The van der Waals surface area contributed by atoms with Crippen LogP contribution in [0.2, 0.25) is 5.02 Å². The van der Waals surface area contributed by atoms with Gasteiger partial charge in [0, 0.05) is 6.42 Å². The Bertz CT molecular complexity index is 664. The molecule has 96 valence electrons. The summed E-state index contributed by atoms with van der Waals surface area (Å²) < 4.78 is 5.46. The van der Waals surface area contributed by atoms with Gasteiger partial charge in [-0.15, -0.1) is 0 Å². The van der Waals surface area contributed by atoms with E-state index in [1.165, 1.54) is 0 Å². The number of rotatable bonds is 2. The molecule has 0 aromatic heterocycles. The van der Waals surface area contributed by atoms with Gasteiger partial charge < -0.3 is 9.84 Å². The highest BCUT2D eigenvalue weighted by atomic mass is 35.5. The van der Waals surface area contributed by atoms with Gasteiger partial charge in [0.2, 0.25) is 0 Å². The third kappa shape index (κ3) is 2.17. The zero-order valence-corrected chi connectivity index (χ0v) is 10.8. The molecule has 0 atom stereocenters. The smallest absolute Gasteiger partial charge is 0.337 e. The first kappa shape index (κ1) is 12.1.